The highest BCUT2D eigenvalue weighted by atomic mass is 16.1. The maximum atomic E-state index is 12.3. The number of rotatable bonds is 3. The minimum absolute atomic E-state index is 0.111. The van der Waals surface area contributed by atoms with E-state index in [4.69, 9.17) is 0 Å². The molecule has 0 unspecified atom stereocenters. The number of nitrogens with zero attached hydrogens (tertiary/aromatic N) is 3. The average Bonchev–Trinajstić information content (AvgIpc) is 3.04. The number of hydrogen-bond donors (Lipinski definition) is 0. The monoisotopic (exact) mass is 315 g/mol. The largest absolute Gasteiger partial charge is 0.300 e. The minimum atomic E-state index is 0.111. The SMILES string of the molecule is O=c1cc2c(nn1CC1CCN(C3CCCCC3)CC1)CCC2. The fourth-order valence-corrected chi connectivity index (χ4v) is 4.76. The van der Waals surface area contributed by atoms with Gasteiger partial charge in [0.05, 0.1) is 5.69 Å². The highest BCUT2D eigenvalue weighted by Crippen LogP contribution is 2.27. The molecule has 0 aromatic carbocycles. The molecule has 1 saturated carbocycles. The van der Waals surface area contributed by atoms with Gasteiger partial charge in [-0.25, -0.2) is 4.68 Å². The summed E-state index contributed by atoms with van der Waals surface area (Å²) in [5, 5.41) is 4.65. The molecule has 2 aliphatic carbocycles. The summed E-state index contributed by atoms with van der Waals surface area (Å²) in [5.74, 6) is 0.625. The number of hydrogen-bond acceptors (Lipinski definition) is 3. The Labute approximate surface area is 138 Å². The lowest BCUT2D eigenvalue weighted by Crippen LogP contribution is -2.43. The standard InChI is InChI=1S/C19H29N3O/c23-19-13-16-5-4-8-18(16)20-22(19)14-15-9-11-21(12-10-15)17-6-2-1-3-7-17/h13,15,17H,1-12,14H2. The topological polar surface area (TPSA) is 38.1 Å². The molecule has 4 rings (SSSR count). The van der Waals surface area contributed by atoms with E-state index in [1.165, 1.54) is 69.3 Å². The number of fused-ring (bicyclic) bond motifs is 1. The van der Waals surface area contributed by atoms with Crippen molar-refractivity contribution in [3.05, 3.63) is 27.7 Å². The second kappa shape index (κ2) is 6.76. The van der Waals surface area contributed by atoms with Crippen molar-refractivity contribution >= 4 is 0 Å². The van der Waals surface area contributed by atoms with Crippen LogP contribution in [0.4, 0.5) is 0 Å². The van der Waals surface area contributed by atoms with Gasteiger partial charge < -0.3 is 4.90 Å². The molecule has 3 aliphatic rings. The van der Waals surface area contributed by atoms with Gasteiger partial charge in [-0.15, -0.1) is 0 Å². The zero-order valence-electron chi connectivity index (χ0n) is 14.2. The Bertz CT molecular complexity index is 595. The predicted molar refractivity (Wildman–Crippen MR) is 91.7 cm³/mol. The molecule has 1 aliphatic heterocycles. The first kappa shape index (κ1) is 15.4. The first-order chi connectivity index (χ1) is 11.3. The lowest BCUT2D eigenvalue weighted by atomic mass is 9.90. The maximum Gasteiger partial charge on any atom is 0.267 e. The van der Waals surface area contributed by atoms with Crippen molar-refractivity contribution in [1.29, 1.82) is 0 Å². The molecular weight excluding hydrogens is 286 g/mol. The molecule has 0 N–H and O–H groups in total. The van der Waals surface area contributed by atoms with Crippen LogP contribution in [0.15, 0.2) is 10.9 Å². The molecule has 0 atom stereocenters. The molecule has 1 aromatic heterocycles. The second-order valence-electron chi connectivity index (χ2n) is 7.76. The highest BCUT2D eigenvalue weighted by molar-refractivity contribution is 5.22. The predicted octanol–water partition coefficient (Wildman–Crippen LogP) is 2.78. The first-order valence-corrected chi connectivity index (χ1v) is 9.63. The van der Waals surface area contributed by atoms with Gasteiger partial charge in [-0.2, -0.15) is 5.10 Å². The van der Waals surface area contributed by atoms with Crippen molar-refractivity contribution in [3.8, 4) is 0 Å². The average molecular weight is 315 g/mol. The van der Waals surface area contributed by atoms with Gasteiger partial charge in [0.1, 0.15) is 0 Å². The Hall–Kier alpha value is -1.16. The zero-order valence-corrected chi connectivity index (χ0v) is 14.2. The first-order valence-electron chi connectivity index (χ1n) is 9.63. The van der Waals surface area contributed by atoms with Crippen LogP contribution in [0.1, 0.15) is 62.6 Å². The lowest BCUT2D eigenvalue weighted by Gasteiger charge is -2.39. The Morgan fingerprint density at radius 3 is 2.57 bits per heavy atom. The second-order valence-corrected chi connectivity index (χ2v) is 7.76. The van der Waals surface area contributed by atoms with Gasteiger partial charge in [-0.3, -0.25) is 4.79 Å². The molecule has 0 radical (unpaired) electrons. The van der Waals surface area contributed by atoms with E-state index >= 15 is 0 Å². The molecule has 2 fully saturated rings. The summed E-state index contributed by atoms with van der Waals surface area (Å²) >= 11 is 0. The van der Waals surface area contributed by atoms with Crippen LogP contribution < -0.4 is 5.56 Å². The van der Waals surface area contributed by atoms with E-state index in [1.54, 1.807) is 4.68 Å². The summed E-state index contributed by atoms with van der Waals surface area (Å²) < 4.78 is 1.76. The van der Waals surface area contributed by atoms with Crippen LogP contribution in [0, 0.1) is 5.92 Å². The van der Waals surface area contributed by atoms with Crippen LogP contribution >= 0.6 is 0 Å². The molecule has 0 spiro atoms. The third-order valence-corrected chi connectivity index (χ3v) is 6.20. The van der Waals surface area contributed by atoms with Crippen molar-refractivity contribution in [2.75, 3.05) is 13.1 Å². The molecule has 2 heterocycles. The summed E-state index contributed by atoms with van der Waals surface area (Å²) in [6, 6.07) is 2.68. The molecule has 4 nitrogen and oxygen atoms in total. The van der Waals surface area contributed by atoms with E-state index in [1.807, 2.05) is 6.07 Å². The number of likely N-dealkylation sites (tertiary alicyclic amines) is 1. The van der Waals surface area contributed by atoms with Crippen LogP contribution in [0.25, 0.3) is 0 Å². The third kappa shape index (κ3) is 3.37. The van der Waals surface area contributed by atoms with E-state index in [-0.39, 0.29) is 5.56 Å². The minimum Gasteiger partial charge on any atom is -0.300 e. The summed E-state index contributed by atoms with van der Waals surface area (Å²) in [6.45, 7) is 3.26. The quantitative estimate of drug-likeness (QED) is 0.861. The smallest absolute Gasteiger partial charge is 0.267 e. The van der Waals surface area contributed by atoms with Crippen molar-refractivity contribution < 1.29 is 0 Å². The van der Waals surface area contributed by atoms with Crippen LogP contribution in [-0.2, 0) is 19.4 Å². The molecule has 126 valence electrons. The van der Waals surface area contributed by atoms with Crippen LogP contribution in [-0.4, -0.2) is 33.8 Å². The van der Waals surface area contributed by atoms with Gasteiger partial charge in [-0.05, 0) is 69.5 Å². The maximum absolute atomic E-state index is 12.3. The summed E-state index contributed by atoms with van der Waals surface area (Å²) in [7, 11) is 0. The van der Waals surface area contributed by atoms with Crippen molar-refractivity contribution in [1.82, 2.24) is 14.7 Å². The van der Waals surface area contributed by atoms with Gasteiger partial charge in [0.2, 0.25) is 0 Å². The normalized spacial score (nSPS) is 24.0. The number of piperidine rings is 1. The summed E-state index contributed by atoms with van der Waals surface area (Å²) in [4.78, 5) is 15.0. The molecule has 0 amide bonds. The van der Waals surface area contributed by atoms with Crippen LogP contribution in [0.5, 0.6) is 0 Å². The Kier molecular flexibility index (Phi) is 4.52. The molecule has 0 bridgehead atoms. The fraction of sp³-hybridized carbons (Fsp3) is 0.789. The number of aryl methyl sites for hydroxylation is 2. The zero-order chi connectivity index (χ0) is 15.6. The van der Waals surface area contributed by atoms with Crippen molar-refractivity contribution in [2.45, 2.75) is 76.8 Å². The lowest BCUT2D eigenvalue weighted by molar-refractivity contribution is 0.100. The highest BCUT2D eigenvalue weighted by Gasteiger charge is 2.27. The van der Waals surface area contributed by atoms with Crippen molar-refractivity contribution in [3.63, 3.8) is 0 Å². The van der Waals surface area contributed by atoms with Gasteiger partial charge >= 0.3 is 0 Å². The fourth-order valence-electron chi connectivity index (χ4n) is 4.76. The Morgan fingerprint density at radius 2 is 1.78 bits per heavy atom. The van der Waals surface area contributed by atoms with E-state index in [0.717, 1.165) is 31.8 Å². The molecule has 1 aromatic rings. The molecule has 4 heteroatoms. The third-order valence-electron chi connectivity index (χ3n) is 6.20. The Balaban J connectivity index is 1.35. The van der Waals surface area contributed by atoms with Gasteiger partial charge in [-0.1, -0.05) is 19.3 Å². The van der Waals surface area contributed by atoms with Gasteiger partial charge in [0.25, 0.3) is 5.56 Å². The van der Waals surface area contributed by atoms with E-state index in [0.29, 0.717) is 5.92 Å². The van der Waals surface area contributed by atoms with Crippen molar-refractivity contribution in [2.24, 2.45) is 5.92 Å². The Morgan fingerprint density at radius 1 is 1.00 bits per heavy atom. The molecule has 1 saturated heterocycles. The van der Waals surface area contributed by atoms with Gasteiger partial charge in [0, 0.05) is 18.7 Å². The molecular formula is C19H29N3O. The van der Waals surface area contributed by atoms with E-state index in [9.17, 15) is 4.79 Å². The van der Waals surface area contributed by atoms with E-state index in [2.05, 4.69) is 10.00 Å². The summed E-state index contributed by atoms with van der Waals surface area (Å²) in [6.07, 6.45) is 12.8. The van der Waals surface area contributed by atoms with Gasteiger partial charge in [0.15, 0.2) is 0 Å². The number of aromatic nitrogens is 2. The molecule has 23 heavy (non-hydrogen) atoms. The van der Waals surface area contributed by atoms with Crippen LogP contribution in [0.3, 0.4) is 0 Å². The summed E-state index contributed by atoms with van der Waals surface area (Å²) in [5.41, 5.74) is 2.47. The van der Waals surface area contributed by atoms with Crippen LogP contribution in [0.2, 0.25) is 0 Å². The van der Waals surface area contributed by atoms with E-state index < -0.39 is 0 Å².